The fourth-order valence-corrected chi connectivity index (χ4v) is 5.90. The Bertz CT molecular complexity index is 1510. The van der Waals surface area contributed by atoms with Crippen LogP contribution >= 0.6 is 0 Å². The van der Waals surface area contributed by atoms with Crippen molar-refractivity contribution in [2.24, 2.45) is 11.8 Å². The predicted octanol–water partition coefficient (Wildman–Crippen LogP) is 3.85. The number of hydrogen-bond donors (Lipinski definition) is 0. The lowest BCUT2D eigenvalue weighted by Gasteiger charge is -2.38. The largest absolute Gasteiger partial charge is 0.493 e. The van der Waals surface area contributed by atoms with E-state index in [-0.39, 0.29) is 20.0 Å². The lowest BCUT2D eigenvalue weighted by atomic mass is 9.66. The maximum atomic E-state index is 13.3. The van der Waals surface area contributed by atoms with E-state index in [1.165, 1.54) is 21.3 Å². The summed E-state index contributed by atoms with van der Waals surface area (Å²) < 4.78 is 45.2. The lowest BCUT2D eigenvalue weighted by molar-refractivity contribution is -0.156. The molecule has 3 aromatic carbocycles. The van der Waals surface area contributed by atoms with Crippen molar-refractivity contribution in [3.8, 4) is 34.5 Å². The summed E-state index contributed by atoms with van der Waals surface area (Å²) in [7, 11) is 4.56. The number of methoxy groups -OCH3 is 3. The van der Waals surface area contributed by atoms with Gasteiger partial charge in [0, 0.05) is 23.0 Å². The molecule has 11 heteroatoms. The van der Waals surface area contributed by atoms with Crippen LogP contribution in [-0.4, -0.2) is 59.6 Å². The molecule has 0 radical (unpaired) electrons. The average molecular weight is 577 g/mol. The summed E-state index contributed by atoms with van der Waals surface area (Å²) in [6.07, 6.45) is -0.102. The molecule has 0 amide bonds. The number of rotatable bonds is 9. The monoisotopic (exact) mass is 576 g/mol. The Morgan fingerprint density at radius 3 is 2.19 bits per heavy atom. The zero-order valence-electron chi connectivity index (χ0n) is 23.1. The molecule has 2 heterocycles. The Labute approximate surface area is 241 Å². The van der Waals surface area contributed by atoms with Gasteiger partial charge in [-0.3, -0.25) is 9.59 Å². The highest BCUT2D eigenvalue weighted by atomic mass is 16.7. The minimum Gasteiger partial charge on any atom is -0.493 e. The molecule has 4 atom stereocenters. The maximum Gasteiger partial charge on any atom is 0.344 e. The van der Waals surface area contributed by atoms with Crippen LogP contribution in [0.3, 0.4) is 0 Å². The average Bonchev–Trinajstić information content (AvgIpc) is 3.64. The SMILES string of the molecule is COc1cc(C2c3cc4c(cc3C(OC(=O)COc3ccc(C=O)cc3)C3COC(=O)C23)OCO4)cc(OC)c1OC. The summed E-state index contributed by atoms with van der Waals surface area (Å²) >= 11 is 0. The summed E-state index contributed by atoms with van der Waals surface area (Å²) in [6, 6.07) is 13.6. The molecule has 0 N–H and O–H groups in total. The number of hydrogen-bond acceptors (Lipinski definition) is 11. The molecular formula is C31H28O11. The molecule has 1 aliphatic carbocycles. The first-order valence-corrected chi connectivity index (χ1v) is 13.2. The number of carbonyl (C=O) groups excluding carboxylic acids is 3. The molecule has 0 aromatic heterocycles. The predicted molar refractivity (Wildman–Crippen MR) is 145 cm³/mol. The molecule has 3 aromatic rings. The van der Waals surface area contributed by atoms with Crippen LogP contribution in [0.2, 0.25) is 0 Å². The molecule has 218 valence electrons. The molecule has 3 aliphatic rings. The smallest absolute Gasteiger partial charge is 0.344 e. The summed E-state index contributed by atoms with van der Waals surface area (Å²) in [5, 5.41) is 0. The number of benzene rings is 3. The molecular weight excluding hydrogens is 548 g/mol. The van der Waals surface area contributed by atoms with E-state index >= 15 is 0 Å². The van der Waals surface area contributed by atoms with Crippen molar-refractivity contribution in [2.45, 2.75) is 12.0 Å². The highest BCUT2D eigenvalue weighted by Gasteiger charge is 2.54. The Kier molecular flexibility index (Phi) is 7.24. The van der Waals surface area contributed by atoms with Crippen molar-refractivity contribution in [3.63, 3.8) is 0 Å². The third-order valence-corrected chi connectivity index (χ3v) is 7.80. The van der Waals surface area contributed by atoms with Crippen LogP contribution in [0, 0.1) is 11.8 Å². The van der Waals surface area contributed by atoms with Crippen molar-refractivity contribution in [1.29, 1.82) is 0 Å². The van der Waals surface area contributed by atoms with E-state index in [1.807, 2.05) is 6.07 Å². The van der Waals surface area contributed by atoms with E-state index in [1.54, 1.807) is 42.5 Å². The van der Waals surface area contributed by atoms with E-state index in [4.69, 9.17) is 37.9 Å². The Hall–Kier alpha value is -4.93. The highest BCUT2D eigenvalue weighted by Crippen LogP contribution is 2.56. The zero-order valence-corrected chi connectivity index (χ0v) is 23.1. The van der Waals surface area contributed by atoms with Gasteiger partial charge in [-0.1, -0.05) is 0 Å². The molecule has 2 aliphatic heterocycles. The standard InChI is InChI=1S/C31H28O11/c1-35-24-8-17(9-25(36-2)30(24)37-3)27-19-10-22-23(41-15-40-22)11-20(19)29(21-13-39-31(34)28(21)27)42-26(33)14-38-18-6-4-16(12-32)5-7-18/h4-12,21,27-29H,13-15H2,1-3H3. The molecule has 0 saturated carbocycles. The fraction of sp³-hybridized carbons (Fsp3) is 0.323. The first-order valence-electron chi connectivity index (χ1n) is 13.2. The summed E-state index contributed by atoms with van der Waals surface area (Å²) in [5.74, 6) is -0.00799. The number of aldehydes is 1. The van der Waals surface area contributed by atoms with Crippen molar-refractivity contribution in [3.05, 3.63) is 70.8 Å². The van der Waals surface area contributed by atoms with Gasteiger partial charge in [0.1, 0.15) is 18.1 Å². The second-order valence-corrected chi connectivity index (χ2v) is 9.98. The second kappa shape index (κ2) is 11.2. The minimum absolute atomic E-state index is 0.0448. The first-order chi connectivity index (χ1) is 20.4. The van der Waals surface area contributed by atoms with Crippen LogP contribution in [0.4, 0.5) is 0 Å². The van der Waals surface area contributed by atoms with E-state index in [0.29, 0.717) is 45.6 Å². The summed E-state index contributed by atoms with van der Waals surface area (Å²) in [6.45, 7) is -0.271. The Balaban J connectivity index is 1.39. The molecule has 11 nitrogen and oxygen atoms in total. The van der Waals surface area contributed by atoms with Gasteiger partial charge in [-0.05, 0) is 59.7 Å². The minimum atomic E-state index is -0.822. The van der Waals surface area contributed by atoms with Gasteiger partial charge in [-0.15, -0.1) is 0 Å². The highest BCUT2D eigenvalue weighted by molar-refractivity contribution is 5.80. The molecule has 1 saturated heterocycles. The third-order valence-electron chi connectivity index (χ3n) is 7.80. The molecule has 0 spiro atoms. The fourth-order valence-electron chi connectivity index (χ4n) is 5.90. The van der Waals surface area contributed by atoms with Gasteiger partial charge in [0.05, 0.1) is 33.9 Å². The number of fused-ring (bicyclic) bond motifs is 3. The number of esters is 2. The van der Waals surface area contributed by atoms with Crippen LogP contribution in [0.1, 0.15) is 39.1 Å². The molecule has 42 heavy (non-hydrogen) atoms. The van der Waals surface area contributed by atoms with Crippen LogP contribution < -0.4 is 28.4 Å². The maximum absolute atomic E-state index is 13.3. The molecule has 0 bridgehead atoms. The van der Waals surface area contributed by atoms with Gasteiger partial charge in [-0.25, -0.2) is 4.79 Å². The van der Waals surface area contributed by atoms with Crippen molar-refractivity contribution < 1.29 is 52.3 Å². The number of cyclic esters (lactones) is 1. The van der Waals surface area contributed by atoms with Crippen LogP contribution in [-0.2, 0) is 19.1 Å². The van der Waals surface area contributed by atoms with E-state index in [2.05, 4.69) is 0 Å². The second-order valence-electron chi connectivity index (χ2n) is 9.98. The van der Waals surface area contributed by atoms with Gasteiger partial charge in [0.25, 0.3) is 0 Å². The molecule has 6 rings (SSSR count). The van der Waals surface area contributed by atoms with Crippen molar-refractivity contribution >= 4 is 18.2 Å². The Morgan fingerprint density at radius 2 is 1.57 bits per heavy atom. The van der Waals surface area contributed by atoms with E-state index in [9.17, 15) is 14.4 Å². The quantitative estimate of drug-likeness (QED) is 0.272. The Morgan fingerprint density at radius 1 is 0.905 bits per heavy atom. The van der Waals surface area contributed by atoms with Crippen molar-refractivity contribution in [1.82, 2.24) is 0 Å². The number of ether oxygens (including phenoxy) is 8. The van der Waals surface area contributed by atoms with Gasteiger partial charge in [-0.2, -0.15) is 0 Å². The lowest BCUT2D eigenvalue weighted by Crippen LogP contribution is -2.37. The van der Waals surface area contributed by atoms with Gasteiger partial charge >= 0.3 is 11.9 Å². The van der Waals surface area contributed by atoms with Crippen LogP contribution in [0.5, 0.6) is 34.5 Å². The van der Waals surface area contributed by atoms with E-state index in [0.717, 1.165) is 17.4 Å². The van der Waals surface area contributed by atoms with Gasteiger partial charge in [0.15, 0.2) is 29.6 Å². The first kappa shape index (κ1) is 27.3. The molecule has 4 unspecified atom stereocenters. The van der Waals surface area contributed by atoms with Crippen LogP contribution in [0.25, 0.3) is 0 Å². The van der Waals surface area contributed by atoms with Gasteiger partial charge in [0.2, 0.25) is 12.5 Å². The van der Waals surface area contributed by atoms with Crippen molar-refractivity contribution in [2.75, 3.05) is 41.3 Å². The summed E-state index contributed by atoms with van der Waals surface area (Å²) in [5.41, 5.74) is 2.60. The van der Waals surface area contributed by atoms with E-state index < -0.39 is 35.8 Å². The summed E-state index contributed by atoms with van der Waals surface area (Å²) in [4.78, 5) is 37.3. The third kappa shape index (κ3) is 4.70. The van der Waals surface area contributed by atoms with Crippen LogP contribution in [0.15, 0.2) is 48.5 Å². The normalized spacial score (nSPS) is 21.5. The molecule has 1 fully saturated rings. The van der Waals surface area contributed by atoms with Gasteiger partial charge < -0.3 is 37.9 Å². The topological polar surface area (TPSA) is 125 Å². The zero-order chi connectivity index (χ0) is 29.4. The number of carbonyl (C=O) groups is 3.